The first-order valence-corrected chi connectivity index (χ1v) is 9.73. The van der Waals surface area contributed by atoms with Gasteiger partial charge in [0, 0.05) is 18.7 Å². The van der Waals surface area contributed by atoms with Crippen molar-refractivity contribution in [2.45, 2.75) is 31.0 Å². The van der Waals surface area contributed by atoms with Crippen LogP contribution in [-0.2, 0) is 29.2 Å². The van der Waals surface area contributed by atoms with Gasteiger partial charge < -0.3 is 8.94 Å². The third kappa shape index (κ3) is 3.97. The number of benzene rings is 1. The molecule has 3 rings (SSSR count). The molecule has 150 valence electrons. The standard InChI is InChI=1S/C18H17F3N2O4S/c1-3-12-6-7-13(15-10-17(27-22-15)18(19,20)21)9-16(12)28(24,25)23(2)11-14-5-4-8-26-14/h4-10H,3,11H2,1-2H3. The monoisotopic (exact) mass is 414 g/mol. The summed E-state index contributed by atoms with van der Waals surface area (Å²) < 4.78 is 75.0. The molecule has 3 aromatic rings. The fourth-order valence-corrected chi connectivity index (χ4v) is 4.12. The van der Waals surface area contributed by atoms with E-state index >= 15 is 0 Å². The summed E-state index contributed by atoms with van der Waals surface area (Å²) >= 11 is 0. The number of halogens is 3. The van der Waals surface area contributed by atoms with Gasteiger partial charge >= 0.3 is 6.18 Å². The minimum atomic E-state index is -4.67. The Balaban J connectivity index is 2.00. The number of hydrogen-bond acceptors (Lipinski definition) is 5. The molecule has 0 aliphatic carbocycles. The Morgan fingerprint density at radius 3 is 2.50 bits per heavy atom. The number of nitrogens with zero attached hydrogens (tertiary/aromatic N) is 2. The van der Waals surface area contributed by atoms with E-state index < -0.39 is 22.0 Å². The summed E-state index contributed by atoms with van der Waals surface area (Å²) in [6.45, 7) is 1.81. The quantitative estimate of drug-likeness (QED) is 0.600. The molecule has 0 amide bonds. The van der Waals surface area contributed by atoms with Gasteiger partial charge in [-0.25, -0.2) is 8.42 Å². The van der Waals surface area contributed by atoms with Crippen molar-refractivity contribution in [3.8, 4) is 11.3 Å². The highest BCUT2D eigenvalue weighted by molar-refractivity contribution is 7.89. The zero-order chi connectivity index (χ0) is 20.5. The van der Waals surface area contributed by atoms with Crippen LogP contribution in [0.5, 0.6) is 0 Å². The molecule has 0 saturated carbocycles. The molecule has 0 aliphatic rings. The molecule has 0 atom stereocenters. The van der Waals surface area contributed by atoms with E-state index in [9.17, 15) is 21.6 Å². The van der Waals surface area contributed by atoms with E-state index in [1.54, 1.807) is 25.1 Å². The number of sulfonamides is 1. The SMILES string of the molecule is CCc1ccc(-c2cc(C(F)(F)F)on2)cc1S(=O)(=O)N(C)Cc1ccco1. The van der Waals surface area contributed by atoms with Crippen LogP contribution in [0.4, 0.5) is 13.2 Å². The maximum absolute atomic E-state index is 13.0. The third-order valence-corrected chi connectivity index (χ3v) is 6.07. The molecule has 6 nitrogen and oxygen atoms in total. The molecule has 1 aromatic carbocycles. The Morgan fingerprint density at radius 2 is 1.93 bits per heavy atom. The molecule has 2 aromatic heterocycles. The summed E-state index contributed by atoms with van der Waals surface area (Å²) in [6.07, 6.45) is -2.81. The molecule has 0 saturated heterocycles. The van der Waals surface area contributed by atoms with Crippen LogP contribution in [0.3, 0.4) is 0 Å². The van der Waals surface area contributed by atoms with Gasteiger partial charge in [0.15, 0.2) is 0 Å². The van der Waals surface area contributed by atoms with Crippen molar-refractivity contribution in [3.05, 3.63) is 59.7 Å². The van der Waals surface area contributed by atoms with Crippen molar-refractivity contribution in [1.29, 1.82) is 0 Å². The van der Waals surface area contributed by atoms with Crippen LogP contribution in [0, 0.1) is 0 Å². The maximum atomic E-state index is 13.0. The molecule has 2 heterocycles. The van der Waals surface area contributed by atoms with Crippen LogP contribution in [0.1, 0.15) is 24.0 Å². The summed E-state index contributed by atoms with van der Waals surface area (Å²) in [5.41, 5.74) is 0.649. The van der Waals surface area contributed by atoms with Crippen molar-refractivity contribution in [2.75, 3.05) is 7.05 Å². The summed E-state index contributed by atoms with van der Waals surface area (Å²) in [5, 5.41) is 3.42. The van der Waals surface area contributed by atoms with E-state index in [2.05, 4.69) is 9.68 Å². The van der Waals surface area contributed by atoms with Gasteiger partial charge in [-0.3, -0.25) is 0 Å². The van der Waals surface area contributed by atoms with Crippen molar-refractivity contribution in [2.24, 2.45) is 0 Å². The molecular formula is C18H17F3N2O4S. The first-order valence-electron chi connectivity index (χ1n) is 8.29. The van der Waals surface area contributed by atoms with Crippen molar-refractivity contribution in [1.82, 2.24) is 9.46 Å². The molecule has 0 unspecified atom stereocenters. The highest BCUT2D eigenvalue weighted by Crippen LogP contribution is 2.33. The fourth-order valence-electron chi connectivity index (χ4n) is 2.67. The zero-order valence-corrected chi connectivity index (χ0v) is 15.8. The molecule has 28 heavy (non-hydrogen) atoms. The average molecular weight is 414 g/mol. The normalized spacial score (nSPS) is 12.6. The van der Waals surface area contributed by atoms with Gasteiger partial charge in [-0.2, -0.15) is 17.5 Å². The lowest BCUT2D eigenvalue weighted by Crippen LogP contribution is -2.27. The molecule has 0 aliphatic heterocycles. The minimum absolute atomic E-state index is 0.00175. The van der Waals surface area contributed by atoms with Gasteiger partial charge in [0.25, 0.3) is 0 Å². The smallest absolute Gasteiger partial charge is 0.452 e. The summed E-state index contributed by atoms with van der Waals surface area (Å²) in [4.78, 5) is -0.00175. The van der Waals surface area contributed by atoms with E-state index in [4.69, 9.17) is 4.42 Å². The largest absolute Gasteiger partial charge is 0.468 e. The lowest BCUT2D eigenvalue weighted by Gasteiger charge is -2.18. The van der Waals surface area contributed by atoms with E-state index in [-0.39, 0.29) is 22.7 Å². The van der Waals surface area contributed by atoms with Gasteiger partial charge in [0.1, 0.15) is 11.5 Å². The van der Waals surface area contributed by atoms with E-state index in [1.165, 1.54) is 25.4 Å². The van der Waals surface area contributed by atoms with Crippen LogP contribution in [0.2, 0.25) is 0 Å². The predicted octanol–water partition coefficient (Wildman–Crippen LogP) is 4.34. The number of rotatable bonds is 6. The van der Waals surface area contributed by atoms with Crippen molar-refractivity contribution in [3.63, 3.8) is 0 Å². The topological polar surface area (TPSA) is 76.6 Å². The Labute approximate surface area is 159 Å². The number of alkyl halides is 3. The molecule has 10 heteroatoms. The first-order chi connectivity index (χ1) is 13.1. The summed E-state index contributed by atoms with van der Waals surface area (Å²) in [7, 11) is -2.51. The van der Waals surface area contributed by atoms with Crippen LogP contribution in [-0.4, -0.2) is 24.9 Å². The van der Waals surface area contributed by atoms with Gasteiger partial charge in [-0.05, 0) is 30.2 Å². The highest BCUT2D eigenvalue weighted by Gasteiger charge is 2.36. The zero-order valence-electron chi connectivity index (χ0n) is 15.0. The van der Waals surface area contributed by atoms with Crippen LogP contribution in [0.25, 0.3) is 11.3 Å². The van der Waals surface area contributed by atoms with Crippen LogP contribution < -0.4 is 0 Å². The molecule has 0 N–H and O–H groups in total. The Morgan fingerprint density at radius 1 is 1.18 bits per heavy atom. The Kier molecular flexibility index (Phi) is 5.35. The number of hydrogen-bond donors (Lipinski definition) is 0. The van der Waals surface area contributed by atoms with Gasteiger partial charge in [0.2, 0.25) is 15.8 Å². The van der Waals surface area contributed by atoms with Gasteiger partial charge in [-0.15, -0.1) is 0 Å². The van der Waals surface area contributed by atoms with Crippen LogP contribution >= 0.6 is 0 Å². The van der Waals surface area contributed by atoms with Crippen LogP contribution in [0.15, 0.2) is 56.5 Å². The fraction of sp³-hybridized carbons (Fsp3) is 0.278. The summed E-state index contributed by atoms with van der Waals surface area (Å²) in [5.74, 6) is -0.784. The predicted molar refractivity (Wildman–Crippen MR) is 93.7 cm³/mol. The molecule has 0 fully saturated rings. The second kappa shape index (κ2) is 7.44. The minimum Gasteiger partial charge on any atom is -0.468 e. The number of aryl methyl sites for hydroxylation is 1. The first kappa shape index (κ1) is 20.2. The molecule has 0 bridgehead atoms. The van der Waals surface area contributed by atoms with E-state index in [1.807, 2.05) is 0 Å². The Hall–Kier alpha value is -2.59. The lowest BCUT2D eigenvalue weighted by molar-refractivity contribution is -0.155. The Bertz CT molecular complexity index is 1060. The highest BCUT2D eigenvalue weighted by atomic mass is 32.2. The maximum Gasteiger partial charge on any atom is 0.452 e. The molecule has 0 radical (unpaired) electrons. The second-order valence-corrected chi connectivity index (χ2v) is 8.10. The van der Waals surface area contributed by atoms with E-state index in [0.717, 1.165) is 10.4 Å². The van der Waals surface area contributed by atoms with Crippen molar-refractivity contribution >= 4 is 10.0 Å². The lowest BCUT2D eigenvalue weighted by atomic mass is 10.1. The third-order valence-electron chi connectivity index (χ3n) is 4.18. The second-order valence-electron chi connectivity index (χ2n) is 6.09. The van der Waals surface area contributed by atoms with E-state index in [0.29, 0.717) is 17.7 Å². The average Bonchev–Trinajstić information content (AvgIpc) is 3.32. The molecular weight excluding hydrogens is 397 g/mol. The number of furan rings is 1. The summed E-state index contributed by atoms with van der Waals surface area (Å²) in [6, 6.07) is 8.43. The van der Waals surface area contributed by atoms with Gasteiger partial charge in [0.05, 0.1) is 17.7 Å². The number of aromatic nitrogens is 1. The molecule has 0 spiro atoms. The van der Waals surface area contributed by atoms with Gasteiger partial charge in [-0.1, -0.05) is 24.2 Å². The van der Waals surface area contributed by atoms with Crippen molar-refractivity contribution < 1.29 is 30.5 Å².